The Morgan fingerprint density at radius 1 is 0.705 bits per heavy atom. The molecule has 2 fully saturated rings. The van der Waals surface area contributed by atoms with Gasteiger partial charge in [-0.15, -0.1) is 10.2 Å². The number of piperidine rings is 2. The Morgan fingerprint density at radius 2 is 1.27 bits per heavy atom. The third-order valence-electron chi connectivity index (χ3n) is 9.75. The average molecular weight is 597 g/mol. The highest BCUT2D eigenvalue weighted by Gasteiger charge is 2.28. The van der Waals surface area contributed by atoms with Gasteiger partial charge in [0, 0.05) is 63.1 Å². The summed E-state index contributed by atoms with van der Waals surface area (Å²) >= 11 is 0. The molecule has 3 aromatic heterocycles. The van der Waals surface area contributed by atoms with Crippen molar-refractivity contribution in [2.24, 2.45) is 7.05 Å². The molecule has 230 valence electrons. The van der Waals surface area contributed by atoms with Crippen LogP contribution in [0.1, 0.15) is 57.6 Å². The summed E-state index contributed by atoms with van der Waals surface area (Å²) in [6, 6.07) is 9.70. The molecular weight excluding hydrogens is 556 g/mol. The van der Waals surface area contributed by atoms with Gasteiger partial charge in [-0.05, 0) is 77.1 Å². The molecule has 2 saturated heterocycles. The highest BCUT2D eigenvalue weighted by atomic mass is 16.2. The molecule has 0 N–H and O–H groups in total. The number of fused-ring (bicyclic) bond motifs is 3. The molecule has 7 rings (SSSR count). The third-order valence-corrected chi connectivity index (χ3v) is 9.75. The molecule has 0 atom stereocenters. The van der Waals surface area contributed by atoms with E-state index in [1.54, 1.807) is 11.6 Å². The van der Waals surface area contributed by atoms with E-state index in [-0.39, 0.29) is 23.0 Å². The number of benzene rings is 2. The smallest absolute Gasteiger partial charge is 0.331 e. The van der Waals surface area contributed by atoms with Gasteiger partial charge in [0.05, 0.1) is 21.9 Å². The van der Waals surface area contributed by atoms with Crippen LogP contribution in [0.3, 0.4) is 0 Å². The van der Waals surface area contributed by atoms with Crippen LogP contribution in [-0.2, 0) is 20.1 Å². The molecule has 2 aliphatic heterocycles. The maximum absolute atomic E-state index is 13.6. The van der Waals surface area contributed by atoms with E-state index in [1.807, 2.05) is 48.1 Å². The molecule has 44 heavy (non-hydrogen) atoms. The summed E-state index contributed by atoms with van der Waals surface area (Å²) in [5.74, 6) is 1.66. The van der Waals surface area contributed by atoms with Gasteiger partial charge in [0.1, 0.15) is 0 Å². The van der Waals surface area contributed by atoms with E-state index in [9.17, 15) is 14.4 Å². The molecule has 2 aliphatic rings. The maximum atomic E-state index is 13.6. The van der Waals surface area contributed by atoms with Gasteiger partial charge >= 0.3 is 11.4 Å². The topological polar surface area (TPSA) is 103 Å². The van der Waals surface area contributed by atoms with Crippen LogP contribution in [0, 0.1) is 6.92 Å². The highest BCUT2D eigenvalue weighted by Crippen LogP contribution is 2.36. The predicted molar refractivity (Wildman–Crippen MR) is 175 cm³/mol. The van der Waals surface area contributed by atoms with Crippen LogP contribution in [-0.4, -0.2) is 54.6 Å². The minimum absolute atomic E-state index is 0.000660. The van der Waals surface area contributed by atoms with Crippen LogP contribution in [0.4, 0.5) is 11.6 Å². The van der Waals surface area contributed by atoms with Crippen LogP contribution in [0.25, 0.3) is 32.7 Å². The predicted octanol–water partition coefficient (Wildman–Crippen LogP) is 3.94. The molecule has 0 bridgehead atoms. The van der Waals surface area contributed by atoms with Crippen molar-refractivity contribution in [2.45, 2.75) is 72.0 Å². The molecule has 0 amide bonds. The monoisotopic (exact) mass is 596 g/mol. The quantitative estimate of drug-likeness (QED) is 0.303. The summed E-state index contributed by atoms with van der Waals surface area (Å²) in [4.78, 5) is 44.8. The largest absolute Gasteiger partial charge is 0.355 e. The number of hydrogen-bond donors (Lipinski definition) is 0. The number of aromatic nitrogens is 6. The van der Waals surface area contributed by atoms with Crippen LogP contribution in [0.2, 0.25) is 0 Å². The van der Waals surface area contributed by atoms with Crippen LogP contribution >= 0.6 is 0 Å². The van der Waals surface area contributed by atoms with Gasteiger partial charge in [0.2, 0.25) is 0 Å². The van der Waals surface area contributed by atoms with Crippen molar-refractivity contribution in [3.05, 3.63) is 67.2 Å². The number of hydrogen-bond acceptors (Lipinski definition) is 7. The molecule has 11 nitrogen and oxygen atoms in total. The minimum Gasteiger partial charge on any atom is -0.355 e. The Morgan fingerprint density at radius 3 is 1.84 bits per heavy atom. The van der Waals surface area contributed by atoms with Crippen LogP contribution in [0.5, 0.6) is 0 Å². The molecule has 0 spiro atoms. The first kappa shape index (κ1) is 28.4. The summed E-state index contributed by atoms with van der Waals surface area (Å²) in [6.45, 7) is 10.3. The van der Waals surface area contributed by atoms with Gasteiger partial charge in [-0.1, -0.05) is 11.6 Å². The lowest BCUT2D eigenvalue weighted by molar-refractivity contribution is 0.370. The molecule has 5 heterocycles. The van der Waals surface area contributed by atoms with Gasteiger partial charge in [0.15, 0.2) is 11.6 Å². The van der Waals surface area contributed by atoms with Gasteiger partial charge in [0.25, 0.3) is 5.56 Å². The number of imidazole rings is 1. The third kappa shape index (κ3) is 4.35. The second-order valence-corrected chi connectivity index (χ2v) is 12.3. The minimum atomic E-state index is -0.277. The number of anilines is 2. The fourth-order valence-corrected chi connectivity index (χ4v) is 7.37. The lowest BCUT2D eigenvalue weighted by atomic mass is 10.0. The molecule has 0 aliphatic carbocycles. The van der Waals surface area contributed by atoms with E-state index in [0.717, 1.165) is 64.9 Å². The Kier molecular flexibility index (Phi) is 7.05. The highest BCUT2D eigenvalue weighted by molar-refractivity contribution is 6.05. The zero-order valence-electron chi connectivity index (χ0n) is 26.0. The summed E-state index contributed by atoms with van der Waals surface area (Å²) < 4.78 is 6.72. The van der Waals surface area contributed by atoms with E-state index in [0.29, 0.717) is 49.9 Å². The van der Waals surface area contributed by atoms with Crippen molar-refractivity contribution in [3.8, 4) is 0 Å². The Balaban J connectivity index is 1.30. The van der Waals surface area contributed by atoms with E-state index in [1.165, 1.54) is 11.0 Å². The fraction of sp³-hybridized carbons (Fsp3) is 0.485. The van der Waals surface area contributed by atoms with E-state index < -0.39 is 0 Å². The van der Waals surface area contributed by atoms with Crippen molar-refractivity contribution in [1.29, 1.82) is 0 Å². The summed E-state index contributed by atoms with van der Waals surface area (Å²) in [7, 11) is 1.74. The Labute approximate surface area is 254 Å². The van der Waals surface area contributed by atoms with Gasteiger partial charge in [-0.25, -0.2) is 9.59 Å². The van der Waals surface area contributed by atoms with E-state index >= 15 is 0 Å². The summed E-state index contributed by atoms with van der Waals surface area (Å²) in [6.07, 6.45) is 4.74. The molecule has 11 heteroatoms. The molecular formula is C33H40N8O3. The van der Waals surface area contributed by atoms with Crippen molar-refractivity contribution < 1.29 is 0 Å². The maximum Gasteiger partial charge on any atom is 0.331 e. The standard InChI is InChI=1S/C33H40N8O3/c1-5-39-27-19-23-24(20-28(27)40(6-2)33(39)44)30(35-34-29(23)37-14-8-7-9-15-37)38-16-12-22(13-17-38)41-31(42)25-18-21(3)10-11-26(25)36(4)32(41)43/h10-11,18-20,22H,5-9,12-17H2,1-4H3. The second-order valence-electron chi connectivity index (χ2n) is 12.3. The van der Waals surface area contributed by atoms with Crippen LogP contribution < -0.4 is 26.7 Å². The number of rotatable bonds is 5. The summed E-state index contributed by atoms with van der Waals surface area (Å²) in [5, 5.41) is 12.2. The normalized spacial score (nSPS) is 16.5. The SMILES string of the molecule is CCn1c(=O)n(CC)c2cc3c(N4CCC(n5c(=O)c6cc(C)ccc6n(C)c5=O)CC4)nnc(N4CCCCC4)c3cc21. The van der Waals surface area contributed by atoms with Crippen molar-refractivity contribution in [1.82, 2.24) is 28.5 Å². The second kappa shape index (κ2) is 10.9. The van der Waals surface area contributed by atoms with Gasteiger partial charge < -0.3 is 9.80 Å². The van der Waals surface area contributed by atoms with Crippen molar-refractivity contribution >= 4 is 44.3 Å². The lowest BCUT2D eigenvalue weighted by Crippen LogP contribution is -2.45. The fourth-order valence-electron chi connectivity index (χ4n) is 7.37. The van der Waals surface area contributed by atoms with Gasteiger partial charge in [-0.3, -0.25) is 23.1 Å². The van der Waals surface area contributed by atoms with E-state index in [4.69, 9.17) is 10.2 Å². The van der Waals surface area contributed by atoms with Crippen molar-refractivity contribution in [3.63, 3.8) is 0 Å². The van der Waals surface area contributed by atoms with E-state index in [2.05, 4.69) is 21.9 Å². The molecule has 0 saturated carbocycles. The molecule has 0 unspecified atom stereocenters. The van der Waals surface area contributed by atoms with Crippen LogP contribution in [0.15, 0.2) is 44.7 Å². The lowest BCUT2D eigenvalue weighted by Gasteiger charge is -2.34. The number of aryl methyl sites for hydroxylation is 4. The first-order chi connectivity index (χ1) is 21.3. The molecule has 0 radical (unpaired) electrons. The zero-order chi connectivity index (χ0) is 30.7. The Hall–Kier alpha value is -4.41. The first-order valence-electron chi connectivity index (χ1n) is 16.0. The van der Waals surface area contributed by atoms with Gasteiger partial charge in [-0.2, -0.15) is 0 Å². The molecule has 5 aromatic rings. The first-order valence-corrected chi connectivity index (χ1v) is 16.0. The van der Waals surface area contributed by atoms with Crippen molar-refractivity contribution in [2.75, 3.05) is 36.0 Å². The number of nitrogens with zero attached hydrogens (tertiary/aromatic N) is 8. The summed E-state index contributed by atoms with van der Waals surface area (Å²) in [5.41, 5.74) is 2.98. The average Bonchev–Trinajstić information content (AvgIpc) is 3.32. The Bertz CT molecular complexity index is 2090. The molecule has 2 aromatic carbocycles. The zero-order valence-corrected chi connectivity index (χ0v) is 26.0.